The van der Waals surface area contributed by atoms with E-state index in [-0.39, 0.29) is 18.5 Å². The Labute approximate surface area is 558 Å². The highest BCUT2D eigenvalue weighted by molar-refractivity contribution is 5.76. The van der Waals surface area contributed by atoms with Crippen molar-refractivity contribution in [3.8, 4) is 0 Å². The summed E-state index contributed by atoms with van der Waals surface area (Å²) in [6.45, 7) is 4.94. The highest BCUT2D eigenvalue weighted by Crippen LogP contribution is 2.20. The Morgan fingerprint density at radius 1 is 0.303 bits per heavy atom. The van der Waals surface area contributed by atoms with Gasteiger partial charge in [0.2, 0.25) is 5.91 Å². The number of nitrogens with one attached hydrogen (secondary N) is 1. The van der Waals surface area contributed by atoms with Crippen molar-refractivity contribution in [2.24, 2.45) is 0 Å². The number of hydrogen-bond acceptors (Lipinski definition) is 5. The first-order chi connectivity index (χ1) is 44.0. The molecule has 6 nitrogen and oxygen atoms in total. The number of esters is 1. The first-order valence-electron chi connectivity index (χ1n) is 41.1. The summed E-state index contributed by atoms with van der Waals surface area (Å²) in [5, 5.41) is 23.3. The molecule has 0 radical (unpaired) electrons. The standard InChI is InChI=1S/C83H161NO5/c1-3-5-7-9-11-13-15-17-18-19-20-21-22-36-39-42-45-48-52-55-59-63-67-71-75-81(86)80(79-85)84-82(87)76-72-68-64-60-56-53-49-46-43-40-37-34-32-30-28-26-24-23-25-27-29-31-33-35-38-41-44-47-50-54-58-62-66-70-74-78-89-83(88)77-73-69-65-61-57-51-16-14-12-10-8-6-4-2/h14,16,71,75,80-81,85-86H,3-13,15,17-70,72-74,76-79H2,1-2H3,(H,84,87)/b16-14-,75-71+. The van der Waals surface area contributed by atoms with Crippen LogP contribution in [0.1, 0.15) is 470 Å². The van der Waals surface area contributed by atoms with Gasteiger partial charge in [0, 0.05) is 12.8 Å². The second-order valence-corrected chi connectivity index (χ2v) is 28.5. The number of ether oxygens (including phenoxy) is 1. The fourth-order valence-corrected chi connectivity index (χ4v) is 13.2. The predicted octanol–water partition coefficient (Wildman–Crippen LogP) is 27.2. The monoisotopic (exact) mass is 1250 g/mol. The minimum Gasteiger partial charge on any atom is -0.466 e. The summed E-state index contributed by atoms with van der Waals surface area (Å²) >= 11 is 0. The number of allylic oxidation sites excluding steroid dienone is 3. The van der Waals surface area contributed by atoms with Crippen LogP contribution >= 0.6 is 0 Å². The third-order valence-corrected chi connectivity index (χ3v) is 19.5. The van der Waals surface area contributed by atoms with Crippen LogP contribution < -0.4 is 5.32 Å². The van der Waals surface area contributed by atoms with Gasteiger partial charge in [-0.1, -0.05) is 423 Å². The lowest BCUT2D eigenvalue weighted by molar-refractivity contribution is -0.143. The first-order valence-corrected chi connectivity index (χ1v) is 41.1. The Morgan fingerprint density at radius 2 is 0.528 bits per heavy atom. The summed E-state index contributed by atoms with van der Waals surface area (Å²) in [5.41, 5.74) is 0. The molecule has 0 saturated carbocycles. The number of hydrogen-bond donors (Lipinski definition) is 3. The summed E-state index contributed by atoms with van der Waals surface area (Å²) < 4.78 is 5.49. The van der Waals surface area contributed by atoms with E-state index in [0.29, 0.717) is 19.4 Å². The van der Waals surface area contributed by atoms with Crippen molar-refractivity contribution in [2.75, 3.05) is 13.2 Å². The second-order valence-electron chi connectivity index (χ2n) is 28.5. The molecule has 0 aromatic heterocycles. The van der Waals surface area contributed by atoms with Gasteiger partial charge in [-0.25, -0.2) is 0 Å². The molecule has 0 aliphatic carbocycles. The third-order valence-electron chi connectivity index (χ3n) is 19.5. The van der Waals surface area contributed by atoms with Gasteiger partial charge in [-0.3, -0.25) is 9.59 Å². The van der Waals surface area contributed by atoms with Crippen LogP contribution in [0.5, 0.6) is 0 Å². The largest absolute Gasteiger partial charge is 0.466 e. The smallest absolute Gasteiger partial charge is 0.305 e. The number of unbranched alkanes of at least 4 members (excludes halogenated alkanes) is 65. The van der Waals surface area contributed by atoms with Crippen LogP contribution in [0, 0.1) is 0 Å². The van der Waals surface area contributed by atoms with Crippen molar-refractivity contribution in [1.82, 2.24) is 5.32 Å². The van der Waals surface area contributed by atoms with Crippen LogP contribution in [-0.2, 0) is 14.3 Å². The fourth-order valence-electron chi connectivity index (χ4n) is 13.2. The van der Waals surface area contributed by atoms with Gasteiger partial charge in [-0.05, 0) is 57.8 Å². The molecule has 6 heteroatoms. The molecule has 0 aromatic carbocycles. The maximum absolute atomic E-state index is 12.6. The van der Waals surface area contributed by atoms with E-state index < -0.39 is 12.1 Å². The molecular weight excluding hydrogens is 1090 g/mol. The number of carbonyl (C=O) groups excluding carboxylic acids is 2. The molecule has 0 aromatic rings. The molecular formula is C83H161NO5. The van der Waals surface area contributed by atoms with Gasteiger partial charge in [0.1, 0.15) is 0 Å². The van der Waals surface area contributed by atoms with Crippen LogP contribution in [-0.4, -0.2) is 47.4 Å². The van der Waals surface area contributed by atoms with Gasteiger partial charge in [0.25, 0.3) is 0 Å². The highest BCUT2D eigenvalue weighted by Gasteiger charge is 2.18. The molecule has 0 aliphatic heterocycles. The number of carbonyl (C=O) groups is 2. The second kappa shape index (κ2) is 78.8. The quantitative estimate of drug-likeness (QED) is 0.0320. The molecule has 0 heterocycles. The molecule has 3 N–H and O–H groups in total. The predicted molar refractivity (Wildman–Crippen MR) is 393 cm³/mol. The van der Waals surface area contributed by atoms with Crippen molar-refractivity contribution in [2.45, 2.75) is 482 Å². The zero-order valence-electron chi connectivity index (χ0n) is 60.7. The molecule has 2 atom stereocenters. The van der Waals surface area contributed by atoms with Crippen LogP contribution in [0.25, 0.3) is 0 Å². The van der Waals surface area contributed by atoms with E-state index in [9.17, 15) is 19.8 Å². The van der Waals surface area contributed by atoms with E-state index in [1.807, 2.05) is 6.08 Å². The lowest BCUT2D eigenvalue weighted by atomic mass is 10.0. The Hall–Kier alpha value is -1.66. The van der Waals surface area contributed by atoms with Crippen molar-refractivity contribution >= 4 is 11.9 Å². The summed E-state index contributed by atoms with van der Waals surface area (Å²) in [6.07, 6.45) is 102. The topological polar surface area (TPSA) is 95.9 Å². The van der Waals surface area contributed by atoms with Crippen molar-refractivity contribution in [1.29, 1.82) is 0 Å². The van der Waals surface area contributed by atoms with Crippen LogP contribution in [0.2, 0.25) is 0 Å². The van der Waals surface area contributed by atoms with Crippen LogP contribution in [0.15, 0.2) is 24.3 Å². The molecule has 89 heavy (non-hydrogen) atoms. The van der Waals surface area contributed by atoms with Crippen molar-refractivity contribution in [3.63, 3.8) is 0 Å². The zero-order valence-corrected chi connectivity index (χ0v) is 60.7. The van der Waals surface area contributed by atoms with Crippen molar-refractivity contribution < 1.29 is 24.5 Å². The number of rotatable bonds is 78. The van der Waals surface area contributed by atoms with Crippen LogP contribution in [0.4, 0.5) is 0 Å². The van der Waals surface area contributed by atoms with Gasteiger partial charge in [-0.2, -0.15) is 0 Å². The maximum atomic E-state index is 12.6. The average Bonchev–Trinajstić information content (AvgIpc) is 3.64. The van der Waals surface area contributed by atoms with Crippen LogP contribution in [0.3, 0.4) is 0 Å². The molecule has 0 saturated heterocycles. The number of amides is 1. The molecule has 2 unspecified atom stereocenters. The zero-order chi connectivity index (χ0) is 64.2. The SMILES string of the molecule is CCCCCC/C=C\CCCCCCCC(=O)OCCCCCCCCCCCCCCCCCCCCCCCCCCCCCCCCCCCCCC(=O)NC(CO)C(O)/C=C/CCCCCCCCCCCCCCCCCCCCCCCC. The van der Waals surface area contributed by atoms with Gasteiger partial charge in [-0.15, -0.1) is 0 Å². The highest BCUT2D eigenvalue weighted by atomic mass is 16.5. The summed E-state index contributed by atoms with van der Waals surface area (Å²) in [7, 11) is 0. The molecule has 0 rings (SSSR count). The fraction of sp³-hybridized carbons (Fsp3) is 0.928. The Balaban J connectivity index is 3.34. The van der Waals surface area contributed by atoms with E-state index >= 15 is 0 Å². The van der Waals surface area contributed by atoms with Crippen molar-refractivity contribution in [3.05, 3.63) is 24.3 Å². The van der Waals surface area contributed by atoms with Gasteiger partial charge >= 0.3 is 5.97 Å². The Morgan fingerprint density at radius 3 is 0.809 bits per heavy atom. The van der Waals surface area contributed by atoms with Gasteiger partial charge in [0.05, 0.1) is 25.4 Å². The van der Waals surface area contributed by atoms with E-state index in [1.54, 1.807) is 6.08 Å². The number of aliphatic hydroxyl groups is 2. The van der Waals surface area contributed by atoms with E-state index in [1.165, 1.54) is 398 Å². The van der Waals surface area contributed by atoms with Gasteiger partial charge in [0.15, 0.2) is 0 Å². The molecule has 0 spiro atoms. The lowest BCUT2D eigenvalue weighted by Crippen LogP contribution is -2.45. The molecule has 0 fully saturated rings. The van der Waals surface area contributed by atoms with E-state index in [2.05, 4.69) is 31.3 Å². The minimum atomic E-state index is -0.842. The Kier molecular flexibility index (Phi) is 77.3. The molecule has 0 bridgehead atoms. The molecule has 1 amide bonds. The Bertz CT molecular complexity index is 1400. The van der Waals surface area contributed by atoms with Gasteiger partial charge < -0.3 is 20.3 Å². The maximum Gasteiger partial charge on any atom is 0.305 e. The number of aliphatic hydroxyl groups excluding tert-OH is 2. The molecule has 528 valence electrons. The average molecular weight is 1250 g/mol. The first kappa shape index (κ1) is 87.3. The molecule has 0 aliphatic rings. The summed E-state index contributed by atoms with van der Waals surface area (Å²) in [4.78, 5) is 24.6. The normalized spacial score (nSPS) is 12.5. The van der Waals surface area contributed by atoms with E-state index in [0.717, 1.165) is 44.9 Å². The summed E-state index contributed by atoms with van der Waals surface area (Å²) in [6, 6.07) is -0.625. The minimum absolute atomic E-state index is 0.0140. The van der Waals surface area contributed by atoms with E-state index in [4.69, 9.17) is 4.74 Å². The third kappa shape index (κ3) is 75.3. The summed E-state index contributed by atoms with van der Waals surface area (Å²) in [5.74, 6) is -0.0431. The lowest BCUT2D eigenvalue weighted by Gasteiger charge is -2.20.